The Bertz CT molecular complexity index is 3390. The highest BCUT2D eigenvalue weighted by molar-refractivity contribution is 6.34. The van der Waals surface area contributed by atoms with Crippen molar-refractivity contribution in [1.82, 2.24) is 18.9 Å². The molecule has 0 amide bonds. The van der Waals surface area contributed by atoms with Crippen molar-refractivity contribution in [3.8, 4) is 28.2 Å². The van der Waals surface area contributed by atoms with Crippen LogP contribution in [0.4, 0.5) is 0 Å². The Kier molecular flexibility index (Phi) is 5.47. The van der Waals surface area contributed by atoms with Crippen molar-refractivity contribution in [3.05, 3.63) is 170 Å². The highest BCUT2D eigenvalue weighted by Gasteiger charge is 2.24. The molecule has 0 fully saturated rings. The topological polar surface area (TPSA) is 35.1 Å². The summed E-state index contributed by atoms with van der Waals surface area (Å²) in [7, 11) is 0. The Balaban J connectivity index is 1.19. The molecule has 0 atom stereocenters. The second-order valence-corrected chi connectivity index (χ2v) is 13.8. The zero-order chi connectivity index (χ0) is 33.9. The van der Waals surface area contributed by atoms with Gasteiger partial charge in [-0.3, -0.25) is 0 Å². The summed E-state index contributed by atoms with van der Waals surface area (Å²) in [6.07, 6.45) is 0. The molecule has 0 aliphatic carbocycles. The largest absolute Gasteiger partial charge is 0.309 e. The van der Waals surface area contributed by atoms with Crippen molar-refractivity contribution < 1.29 is 0 Å². The Hall–Kier alpha value is -7.04. The fraction of sp³-hybridized carbons (Fsp3) is 0. The molecule has 0 aliphatic heterocycles. The third-order valence-corrected chi connectivity index (χ3v) is 11.0. The molecule has 4 nitrogen and oxygen atoms in total. The van der Waals surface area contributed by atoms with Crippen LogP contribution in [0.3, 0.4) is 0 Å². The first kappa shape index (κ1) is 27.7. The smallest absolute Gasteiger partial charge is 0.0973 e. The molecule has 240 valence electrons. The molecule has 0 saturated heterocycles. The van der Waals surface area contributed by atoms with E-state index in [1.54, 1.807) is 0 Å². The Morgan fingerprint density at radius 1 is 0.365 bits per heavy atom. The second-order valence-electron chi connectivity index (χ2n) is 13.8. The number of para-hydroxylation sites is 4. The van der Waals surface area contributed by atoms with Gasteiger partial charge in [0.25, 0.3) is 0 Å². The summed E-state index contributed by atoms with van der Waals surface area (Å²) in [6.45, 7) is 0. The lowest BCUT2D eigenvalue weighted by molar-refractivity contribution is 1.19. The molecule has 0 spiro atoms. The predicted molar refractivity (Wildman–Crippen MR) is 217 cm³/mol. The van der Waals surface area contributed by atoms with E-state index in [1.807, 2.05) is 30.3 Å². The van der Waals surface area contributed by atoms with Gasteiger partial charge in [0.05, 0.1) is 50.0 Å². The van der Waals surface area contributed by atoms with E-state index in [0.29, 0.717) is 0 Å². The molecule has 0 saturated carbocycles. The van der Waals surface area contributed by atoms with Crippen LogP contribution in [0.1, 0.15) is 0 Å². The highest BCUT2D eigenvalue weighted by Crippen LogP contribution is 2.47. The van der Waals surface area contributed by atoms with Gasteiger partial charge in [-0.2, -0.15) is 0 Å². The van der Waals surface area contributed by atoms with E-state index in [2.05, 4.69) is 148 Å². The number of nitrogens with zero attached hydrogens (tertiary/aromatic N) is 4. The number of aromatic nitrogens is 4. The molecular formula is C48H28N4. The summed E-state index contributed by atoms with van der Waals surface area (Å²) >= 11 is 0. The zero-order valence-electron chi connectivity index (χ0n) is 28.0. The van der Waals surface area contributed by atoms with Crippen LogP contribution in [0, 0.1) is 0 Å². The summed E-state index contributed by atoms with van der Waals surface area (Å²) < 4.78 is 4.96. The summed E-state index contributed by atoms with van der Waals surface area (Å²) in [5.74, 6) is 0. The monoisotopic (exact) mass is 660 g/mol. The molecule has 12 aromatic rings. The summed E-state index contributed by atoms with van der Waals surface area (Å²) in [4.78, 5) is 10.3. The van der Waals surface area contributed by atoms with Crippen LogP contribution in [-0.4, -0.2) is 18.9 Å². The van der Waals surface area contributed by atoms with Crippen LogP contribution in [-0.2, 0) is 0 Å². The Labute approximate surface area is 297 Å². The predicted octanol–water partition coefficient (Wildman–Crippen LogP) is 12.4. The first-order chi connectivity index (χ1) is 25.8. The maximum absolute atomic E-state index is 5.19. The van der Waals surface area contributed by atoms with Crippen LogP contribution >= 0.6 is 0 Å². The van der Waals surface area contributed by atoms with Crippen molar-refractivity contribution in [2.45, 2.75) is 0 Å². The van der Waals surface area contributed by atoms with Gasteiger partial charge in [-0.05, 0) is 65.4 Å². The average Bonchev–Trinajstić information content (AvgIpc) is 3.84. The first-order valence-corrected chi connectivity index (χ1v) is 17.8. The van der Waals surface area contributed by atoms with Crippen molar-refractivity contribution in [2.75, 3.05) is 0 Å². The van der Waals surface area contributed by atoms with Crippen LogP contribution in [0.2, 0.25) is 0 Å². The van der Waals surface area contributed by atoms with Gasteiger partial charge in [0.1, 0.15) is 0 Å². The number of benzene rings is 8. The fourth-order valence-electron chi connectivity index (χ4n) is 8.72. The summed E-state index contributed by atoms with van der Waals surface area (Å²) in [6, 6.07) is 61.0. The number of hydrogen-bond acceptors (Lipinski definition) is 2. The Morgan fingerprint density at radius 3 is 1.65 bits per heavy atom. The number of hydrogen-bond donors (Lipinski definition) is 0. The Morgan fingerprint density at radius 2 is 0.923 bits per heavy atom. The molecule has 8 aromatic carbocycles. The number of rotatable bonds is 3. The van der Waals surface area contributed by atoms with E-state index in [0.717, 1.165) is 39.2 Å². The maximum atomic E-state index is 5.19. The first-order valence-electron chi connectivity index (χ1n) is 17.8. The van der Waals surface area contributed by atoms with Crippen LogP contribution in [0.5, 0.6) is 0 Å². The van der Waals surface area contributed by atoms with Gasteiger partial charge in [0.15, 0.2) is 0 Å². The zero-order valence-corrected chi connectivity index (χ0v) is 28.0. The third-order valence-electron chi connectivity index (χ3n) is 11.0. The number of fused-ring (bicyclic) bond motifs is 12. The normalized spacial score (nSPS) is 12.2. The molecule has 0 bridgehead atoms. The van der Waals surface area contributed by atoms with Gasteiger partial charge in [-0.15, -0.1) is 0 Å². The lowest BCUT2D eigenvalue weighted by atomic mass is 10.0. The summed E-state index contributed by atoms with van der Waals surface area (Å²) in [5, 5.41) is 10.1. The lowest BCUT2D eigenvalue weighted by Gasteiger charge is -2.13. The lowest BCUT2D eigenvalue weighted by Crippen LogP contribution is -1.97. The van der Waals surface area contributed by atoms with Gasteiger partial charge >= 0.3 is 0 Å². The minimum Gasteiger partial charge on any atom is -0.309 e. The molecule has 4 heteroatoms. The van der Waals surface area contributed by atoms with E-state index in [-0.39, 0.29) is 0 Å². The minimum atomic E-state index is 0.878. The van der Waals surface area contributed by atoms with E-state index >= 15 is 0 Å². The van der Waals surface area contributed by atoms with E-state index in [1.165, 1.54) is 70.7 Å². The van der Waals surface area contributed by atoms with E-state index in [9.17, 15) is 0 Å². The molecule has 4 aromatic heterocycles. The molecule has 0 unspecified atom stereocenters. The van der Waals surface area contributed by atoms with E-state index < -0.39 is 0 Å². The SMILES string of the molecule is c1ccc(-c2nc3ccccc3nc2-c2ccc(-n3c4cc5ccccc5cc4c4cc5c6ccccc6n6c7ccccc7c(c43)c56)cc2)cc1. The van der Waals surface area contributed by atoms with Gasteiger partial charge < -0.3 is 8.97 Å². The quantitative estimate of drug-likeness (QED) is 0.189. The van der Waals surface area contributed by atoms with Crippen molar-refractivity contribution in [3.63, 3.8) is 0 Å². The van der Waals surface area contributed by atoms with Gasteiger partial charge in [0.2, 0.25) is 0 Å². The molecule has 12 rings (SSSR count). The summed E-state index contributed by atoms with van der Waals surface area (Å²) in [5.41, 5.74) is 12.9. The van der Waals surface area contributed by atoms with Crippen LogP contribution in [0.25, 0.3) is 110 Å². The van der Waals surface area contributed by atoms with Gasteiger partial charge in [0, 0.05) is 49.1 Å². The molecule has 0 radical (unpaired) electrons. The molecule has 0 N–H and O–H groups in total. The fourth-order valence-corrected chi connectivity index (χ4v) is 8.72. The van der Waals surface area contributed by atoms with Crippen molar-refractivity contribution in [2.24, 2.45) is 0 Å². The molecular weight excluding hydrogens is 633 g/mol. The second kappa shape index (κ2) is 10.3. The maximum Gasteiger partial charge on any atom is 0.0973 e. The van der Waals surface area contributed by atoms with Gasteiger partial charge in [-0.25, -0.2) is 9.97 Å². The van der Waals surface area contributed by atoms with Gasteiger partial charge in [-0.1, -0.05) is 115 Å². The van der Waals surface area contributed by atoms with Crippen LogP contribution < -0.4 is 0 Å². The standard InChI is InChI=1S/C48H28N4/c1-2-12-29(13-3-1)45-46(50-40-19-9-8-18-39(40)49-45)30-22-24-33(25-23-30)51-43-27-32-15-5-4-14-31(32)26-36(43)38-28-37-34-16-6-10-20-41(34)52-42-21-11-7-17-35(42)44(47(38)51)48(37)52/h1-28H. The molecule has 4 heterocycles. The van der Waals surface area contributed by atoms with Crippen molar-refractivity contribution in [1.29, 1.82) is 0 Å². The minimum absolute atomic E-state index is 0.878. The average molecular weight is 661 g/mol. The van der Waals surface area contributed by atoms with Crippen molar-refractivity contribution >= 4 is 81.7 Å². The highest BCUT2D eigenvalue weighted by atomic mass is 15.0. The van der Waals surface area contributed by atoms with Crippen LogP contribution in [0.15, 0.2) is 170 Å². The molecule has 52 heavy (non-hydrogen) atoms. The molecule has 0 aliphatic rings. The van der Waals surface area contributed by atoms with E-state index in [4.69, 9.17) is 9.97 Å². The third kappa shape index (κ3) is 3.70.